The van der Waals surface area contributed by atoms with Gasteiger partial charge in [-0.2, -0.15) is 0 Å². The largest absolute Gasteiger partial charge is 0.497 e. The number of amides is 2. The lowest BCUT2D eigenvalue weighted by molar-refractivity contribution is -0.384. The molecule has 0 saturated heterocycles. The number of benzene rings is 2. The second-order valence-corrected chi connectivity index (χ2v) is 11.3. The molecular weight excluding hydrogens is 512 g/mol. The number of rotatable bonds is 13. The van der Waals surface area contributed by atoms with Crippen LogP contribution in [0.4, 0.5) is 11.4 Å². The Kier molecular flexibility index (Phi) is 10.6. The minimum atomic E-state index is -4.03. The van der Waals surface area contributed by atoms with Crippen molar-refractivity contribution in [3.63, 3.8) is 0 Å². The molecule has 0 aliphatic carbocycles. The number of ether oxygens (including phenoxy) is 1. The number of methoxy groups -OCH3 is 1. The molecule has 0 aliphatic rings. The Labute approximate surface area is 224 Å². The molecule has 1 atom stereocenters. The van der Waals surface area contributed by atoms with Gasteiger partial charge in [-0.15, -0.1) is 0 Å². The highest BCUT2D eigenvalue weighted by molar-refractivity contribution is 7.92. The minimum Gasteiger partial charge on any atom is -0.497 e. The molecule has 11 nitrogen and oxygen atoms in total. The lowest BCUT2D eigenvalue weighted by atomic mass is 10.1. The number of non-ortho nitro benzene ring substituents is 1. The van der Waals surface area contributed by atoms with Crippen molar-refractivity contribution in [2.45, 2.75) is 46.7 Å². The van der Waals surface area contributed by atoms with Crippen molar-refractivity contribution in [2.24, 2.45) is 5.92 Å². The van der Waals surface area contributed by atoms with Crippen molar-refractivity contribution in [1.82, 2.24) is 10.2 Å². The summed E-state index contributed by atoms with van der Waals surface area (Å²) in [6, 6.07) is 9.97. The van der Waals surface area contributed by atoms with Crippen LogP contribution in [0.3, 0.4) is 0 Å². The van der Waals surface area contributed by atoms with Crippen LogP contribution in [0.15, 0.2) is 42.5 Å². The molecule has 0 spiro atoms. The van der Waals surface area contributed by atoms with Crippen LogP contribution >= 0.6 is 0 Å². The Morgan fingerprint density at radius 2 is 1.84 bits per heavy atom. The van der Waals surface area contributed by atoms with E-state index in [1.165, 1.54) is 24.1 Å². The van der Waals surface area contributed by atoms with E-state index < -0.39 is 33.4 Å². The monoisotopic (exact) mass is 548 g/mol. The summed E-state index contributed by atoms with van der Waals surface area (Å²) in [6.45, 7) is 7.07. The van der Waals surface area contributed by atoms with Gasteiger partial charge in [0.05, 0.1) is 24.0 Å². The summed E-state index contributed by atoms with van der Waals surface area (Å²) < 4.78 is 31.7. The Balaban J connectivity index is 2.53. The molecule has 0 fully saturated rings. The van der Waals surface area contributed by atoms with E-state index in [1.54, 1.807) is 38.1 Å². The van der Waals surface area contributed by atoms with Crippen LogP contribution in [0, 0.1) is 23.0 Å². The van der Waals surface area contributed by atoms with E-state index in [4.69, 9.17) is 4.74 Å². The van der Waals surface area contributed by atoms with Gasteiger partial charge in [0.15, 0.2) is 0 Å². The van der Waals surface area contributed by atoms with Crippen LogP contribution in [0.5, 0.6) is 5.75 Å². The summed E-state index contributed by atoms with van der Waals surface area (Å²) in [4.78, 5) is 39.0. The number of nitrogens with one attached hydrogen (secondary N) is 1. The molecular formula is C26H36N4O7S. The molecule has 0 saturated carbocycles. The van der Waals surface area contributed by atoms with Crippen LogP contribution < -0.4 is 14.4 Å². The standard InChI is InChI=1S/C26H36N4O7S/c1-7-23(26(32)27-15-18(2)3)28(16-20-9-8-10-22(13-20)37-5)25(31)17-29(38(6,35)36)24-14-21(30(33)34)12-11-19(24)4/h8-14,18,23H,7,15-17H2,1-6H3,(H,27,32)/t23-/m0/s1. The summed E-state index contributed by atoms with van der Waals surface area (Å²) in [5, 5.41) is 14.2. The summed E-state index contributed by atoms with van der Waals surface area (Å²) in [7, 11) is -2.51. The summed E-state index contributed by atoms with van der Waals surface area (Å²) in [6.07, 6.45) is 1.21. The number of hydrogen-bond acceptors (Lipinski definition) is 7. The number of sulfonamides is 1. The Morgan fingerprint density at radius 3 is 2.39 bits per heavy atom. The fourth-order valence-electron chi connectivity index (χ4n) is 3.88. The van der Waals surface area contributed by atoms with E-state index in [-0.39, 0.29) is 36.2 Å². The van der Waals surface area contributed by atoms with Crippen molar-refractivity contribution in [1.29, 1.82) is 0 Å². The summed E-state index contributed by atoms with van der Waals surface area (Å²) in [5.74, 6) is -0.223. The first-order chi connectivity index (χ1) is 17.8. The molecule has 0 unspecified atom stereocenters. The third kappa shape index (κ3) is 8.17. The Bertz CT molecular complexity index is 1260. The highest BCUT2D eigenvalue weighted by atomic mass is 32.2. The maximum atomic E-state index is 13.8. The first-order valence-corrected chi connectivity index (χ1v) is 14.1. The van der Waals surface area contributed by atoms with Crippen molar-refractivity contribution >= 4 is 33.2 Å². The van der Waals surface area contributed by atoms with E-state index in [1.807, 2.05) is 13.8 Å². The van der Waals surface area contributed by atoms with Gasteiger partial charge in [0.2, 0.25) is 21.8 Å². The average molecular weight is 549 g/mol. The number of anilines is 1. The predicted octanol–water partition coefficient (Wildman–Crippen LogP) is 3.26. The van der Waals surface area contributed by atoms with Crippen molar-refractivity contribution in [3.05, 3.63) is 63.7 Å². The zero-order valence-electron chi connectivity index (χ0n) is 22.6. The molecule has 38 heavy (non-hydrogen) atoms. The average Bonchev–Trinajstić information content (AvgIpc) is 2.85. The number of carbonyl (C=O) groups is 2. The SMILES string of the molecule is CC[C@@H](C(=O)NCC(C)C)N(Cc1cccc(OC)c1)C(=O)CN(c1cc([N+](=O)[O-])ccc1C)S(C)(=O)=O. The van der Waals surface area contributed by atoms with Crippen LogP contribution in [-0.2, 0) is 26.2 Å². The lowest BCUT2D eigenvalue weighted by Gasteiger charge is -2.33. The van der Waals surface area contributed by atoms with Gasteiger partial charge in [0.1, 0.15) is 18.3 Å². The maximum Gasteiger partial charge on any atom is 0.271 e. The summed E-state index contributed by atoms with van der Waals surface area (Å²) in [5.41, 5.74) is 0.841. The van der Waals surface area contributed by atoms with Gasteiger partial charge in [-0.1, -0.05) is 39.0 Å². The van der Waals surface area contributed by atoms with Crippen LogP contribution in [0.1, 0.15) is 38.3 Å². The molecule has 0 radical (unpaired) electrons. The Morgan fingerprint density at radius 1 is 1.16 bits per heavy atom. The van der Waals surface area contributed by atoms with Gasteiger partial charge < -0.3 is 15.0 Å². The fraction of sp³-hybridized carbons (Fsp3) is 0.462. The number of carbonyl (C=O) groups excluding carboxylic acids is 2. The normalized spacial score (nSPS) is 12.1. The Hall–Kier alpha value is -3.67. The molecule has 208 valence electrons. The summed E-state index contributed by atoms with van der Waals surface area (Å²) >= 11 is 0. The third-order valence-corrected chi connectivity index (χ3v) is 7.04. The van der Waals surface area contributed by atoms with Crippen molar-refractivity contribution in [2.75, 3.05) is 30.8 Å². The number of aryl methyl sites for hydroxylation is 1. The molecule has 0 aromatic heterocycles. The number of hydrogen-bond donors (Lipinski definition) is 1. The van der Waals surface area contributed by atoms with E-state index in [0.29, 0.717) is 23.4 Å². The third-order valence-electron chi connectivity index (χ3n) is 5.91. The first-order valence-electron chi connectivity index (χ1n) is 12.2. The van der Waals surface area contributed by atoms with Gasteiger partial charge in [-0.3, -0.25) is 24.0 Å². The minimum absolute atomic E-state index is 0.0219. The highest BCUT2D eigenvalue weighted by Gasteiger charge is 2.32. The molecule has 0 aliphatic heterocycles. The van der Waals surface area contributed by atoms with E-state index in [0.717, 1.165) is 16.6 Å². The van der Waals surface area contributed by atoms with Crippen LogP contribution in [-0.4, -0.2) is 62.6 Å². The van der Waals surface area contributed by atoms with Crippen LogP contribution in [0.2, 0.25) is 0 Å². The second kappa shape index (κ2) is 13.2. The zero-order chi connectivity index (χ0) is 28.6. The molecule has 2 amide bonds. The topological polar surface area (TPSA) is 139 Å². The number of nitrogens with zero attached hydrogens (tertiary/aromatic N) is 3. The van der Waals surface area contributed by atoms with Crippen LogP contribution in [0.25, 0.3) is 0 Å². The van der Waals surface area contributed by atoms with Gasteiger partial charge in [-0.25, -0.2) is 8.42 Å². The zero-order valence-corrected chi connectivity index (χ0v) is 23.4. The second-order valence-electron chi connectivity index (χ2n) is 9.43. The van der Waals surface area contributed by atoms with E-state index in [9.17, 15) is 28.1 Å². The van der Waals surface area contributed by atoms with E-state index in [2.05, 4.69) is 5.32 Å². The maximum absolute atomic E-state index is 13.8. The highest BCUT2D eigenvalue weighted by Crippen LogP contribution is 2.28. The van der Waals surface area contributed by atoms with Crippen molar-refractivity contribution in [3.8, 4) is 5.75 Å². The molecule has 12 heteroatoms. The van der Waals surface area contributed by atoms with Gasteiger partial charge >= 0.3 is 0 Å². The van der Waals surface area contributed by atoms with E-state index >= 15 is 0 Å². The lowest BCUT2D eigenvalue weighted by Crippen LogP contribution is -2.52. The quantitative estimate of drug-likeness (QED) is 0.299. The first kappa shape index (κ1) is 30.6. The molecule has 2 aromatic carbocycles. The molecule has 0 bridgehead atoms. The molecule has 0 heterocycles. The molecule has 2 aromatic rings. The van der Waals surface area contributed by atoms with Gasteiger partial charge in [0.25, 0.3) is 5.69 Å². The molecule has 1 N–H and O–H groups in total. The fourth-order valence-corrected chi connectivity index (χ4v) is 4.78. The van der Waals surface area contributed by atoms with Gasteiger partial charge in [0, 0.05) is 25.2 Å². The smallest absolute Gasteiger partial charge is 0.271 e. The number of nitro benzene ring substituents is 1. The molecule has 2 rings (SSSR count). The number of nitro groups is 1. The van der Waals surface area contributed by atoms with Gasteiger partial charge in [-0.05, 0) is 42.5 Å². The van der Waals surface area contributed by atoms with Crippen molar-refractivity contribution < 1.29 is 27.7 Å². The predicted molar refractivity (Wildman–Crippen MR) is 145 cm³/mol.